The fraction of sp³-hybridized carbons (Fsp3) is 0.292. The molecule has 0 aliphatic carbocycles. The number of carbonyl (C=O) groups excluding carboxylic acids is 1. The fourth-order valence-electron chi connectivity index (χ4n) is 2.94. The Morgan fingerprint density at radius 2 is 1.86 bits per heavy atom. The molecule has 0 spiro atoms. The summed E-state index contributed by atoms with van der Waals surface area (Å²) in [7, 11) is 1.31. The summed E-state index contributed by atoms with van der Waals surface area (Å²) in [6.07, 6.45) is 1.04. The van der Waals surface area contributed by atoms with Crippen molar-refractivity contribution in [3.63, 3.8) is 0 Å². The predicted molar refractivity (Wildman–Crippen MR) is 131 cm³/mol. The molecule has 0 amide bonds. The highest BCUT2D eigenvalue weighted by atomic mass is 35.5. The highest BCUT2D eigenvalue weighted by Crippen LogP contribution is 2.33. The SMILES string of the molecule is CC/C=C(\O/N=C(\C)c1ccc(CC)cc1Cl)c1cn2cc(C(F)(F)F)cc(Cl)c2n1.COC=O. The Hall–Kier alpha value is -3.04. The molecule has 2 heterocycles. The average Bonchev–Trinajstić information content (AvgIpc) is 3.26. The van der Waals surface area contributed by atoms with Gasteiger partial charge in [-0.05, 0) is 43.5 Å². The number of methoxy groups -OCH3 is 1. The van der Waals surface area contributed by atoms with Crippen LogP contribution in [0.3, 0.4) is 0 Å². The zero-order valence-corrected chi connectivity index (χ0v) is 21.0. The number of halogens is 5. The average molecular weight is 530 g/mol. The number of aryl methyl sites for hydroxylation is 1. The molecule has 11 heteroatoms. The first-order valence-electron chi connectivity index (χ1n) is 10.5. The Kier molecular flexibility index (Phi) is 10.2. The van der Waals surface area contributed by atoms with Gasteiger partial charge < -0.3 is 14.0 Å². The van der Waals surface area contributed by atoms with E-state index in [4.69, 9.17) is 32.8 Å². The summed E-state index contributed by atoms with van der Waals surface area (Å²) in [6, 6.07) is 6.56. The molecule has 2 aromatic heterocycles. The second kappa shape index (κ2) is 12.6. The van der Waals surface area contributed by atoms with Crippen molar-refractivity contribution in [1.82, 2.24) is 9.38 Å². The van der Waals surface area contributed by atoms with E-state index in [1.54, 1.807) is 13.0 Å². The van der Waals surface area contributed by atoms with Crippen molar-refractivity contribution in [3.05, 3.63) is 75.2 Å². The molecule has 0 unspecified atom stereocenters. The molecule has 0 radical (unpaired) electrons. The standard InChI is InChI=1S/C22H20Cl2F3N3O.C2H4O2/c1-4-6-20(31-29-13(3)16-8-7-14(5-2)9-17(16)23)19-12-30-11-15(22(25,26)27)10-18(24)21(30)28-19;1-4-2-3/h6-12H,4-5H2,1-3H3;2H,1H3/b20-6-,29-13+;. The van der Waals surface area contributed by atoms with Gasteiger partial charge in [-0.25, -0.2) is 4.98 Å². The number of allylic oxidation sites excluding steroid dienone is 1. The smallest absolute Gasteiger partial charge is 0.417 e. The Labute approximate surface area is 210 Å². The van der Waals surface area contributed by atoms with Crippen LogP contribution < -0.4 is 0 Å². The maximum Gasteiger partial charge on any atom is 0.417 e. The molecule has 0 aliphatic heterocycles. The summed E-state index contributed by atoms with van der Waals surface area (Å²) in [5.74, 6) is 0.302. The number of hydrogen-bond donors (Lipinski definition) is 0. The summed E-state index contributed by atoms with van der Waals surface area (Å²) in [4.78, 5) is 18.9. The molecule has 0 saturated heterocycles. The van der Waals surface area contributed by atoms with Crippen molar-refractivity contribution < 1.29 is 27.5 Å². The third-order valence-corrected chi connectivity index (χ3v) is 5.28. The van der Waals surface area contributed by atoms with Crippen LogP contribution in [0.15, 0.2) is 47.9 Å². The lowest BCUT2D eigenvalue weighted by Crippen LogP contribution is -2.06. The lowest BCUT2D eigenvalue weighted by Gasteiger charge is -2.07. The Morgan fingerprint density at radius 1 is 1.17 bits per heavy atom. The molecular weight excluding hydrogens is 506 g/mol. The van der Waals surface area contributed by atoms with E-state index in [1.807, 2.05) is 32.0 Å². The number of rotatable bonds is 7. The summed E-state index contributed by atoms with van der Waals surface area (Å²) >= 11 is 12.4. The second-order valence-electron chi connectivity index (χ2n) is 7.18. The molecule has 0 bridgehead atoms. The summed E-state index contributed by atoms with van der Waals surface area (Å²) in [6.45, 7) is 6.06. The monoisotopic (exact) mass is 529 g/mol. The molecule has 0 aliphatic rings. The van der Waals surface area contributed by atoms with Crippen LogP contribution in [0, 0.1) is 0 Å². The summed E-state index contributed by atoms with van der Waals surface area (Å²) in [5, 5.41) is 4.61. The van der Waals surface area contributed by atoms with Gasteiger partial charge in [0.15, 0.2) is 11.4 Å². The van der Waals surface area contributed by atoms with Crippen LogP contribution in [0.2, 0.25) is 10.0 Å². The number of pyridine rings is 1. The normalized spacial score (nSPS) is 12.3. The fourth-order valence-corrected chi connectivity index (χ4v) is 3.54. The number of nitrogens with zero attached hydrogens (tertiary/aromatic N) is 3. The molecule has 188 valence electrons. The summed E-state index contributed by atoms with van der Waals surface area (Å²) < 4.78 is 44.3. The zero-order valence-electron chi connectivity index (χ0n) is 19.5. The van der Waals surface area contributed by atoms with Crippen LogP contribution in [-0.4, -0.2) is 28.7 Å². The van der Waals surface area contributed by atoms with Crippen LogP contribution in [-0.2, 0) is 27.0 Å². The minimum Gasteiger partial charge on any atom is -0.471 e. The quantitative estimate of drug-likeness (QED) is 0.140. The van der Waals surface area contributed by atoms with Crippen molar-refractivity contribution >= 4 is 46.8 Å². The third-order valence-electron chi connectivity index (χ3n) is 4.68. The highest BCUT2D eigenvalue weighted by molar-refractivity contribution is 6.34. The molecule has 6 nitrogen and oxygen atoms in total. The van der Waals surface area contributed by atoms with Crippen molar-refractivity contribution in [2.45, 2.75) is 39.8 Å². The molecule has 1 aromatic carbocycles. The van der Waals surface area contributed by atoms with Gasteiger partial charge in [0.2, 0.25) is 0 Å². The van der Waals surface area contributed by atoms with Crippen LogP contribution in [0.1, 0.15) is 49.6 Å². The topological polar surface area (TPSA) is 65.2 Å². The number of imidazole rings is 1. The lowest BCUT2D eigenvalue weighted by molar-refractivity contribution is -0.137. The molecule has 0 fully saturated rings. The second-order valence-corrected chi connectivity index (χ2v) is 7.99. The maximum absolute atomic E-state index is 13.1. The van der Waals surface area contributed by atoms with E-state index in [0.717, 1.165) is 29.8 Å². The molecule has 35 heavy (non-hydrogen) atoms. The van der Waals surface area contributed by atoms with Gasteiger partial charge in [-0.1, -0.05) is 54.3 Å². The number of fused-ring (bicyclic) bond motifs is 1. The van der Waals surface area contributed by atoms with E-state index >= 15 is 0 Å². The van der Waals surface area contributed by atoms with Crippen LogP contribution >= 0.6 is 23.2 Å². The summed E-state index contributed by atoms with van der Waals surface area (Å²) in [5.41, 5.74) is 2.02. The van der Waals surface area contributed by atoms with E-state index in [2.05, 4.69) is 14.9 Å². The van der Waals surface area contributed by atoms with Gasteiger partial charge in [-0.3, -0.25) is 4.79 Å². The van der Waals surface area contributed by atoms with E-state index in [-0.39, 0.29) is 10.7 Å². The highest BCUT2D eigenvalue weighted by Gasteiger charge is 2.32. The van der Waals surface area contributed by atoms with Gasteiger partial charge in [-0.15, -0.1) is 0 Å². The van der Waals surface area contributed by atoms with Crippen molar-refractivity contribution in [2.24, 2.45) is 5.16 Å². The first-order chi connectivity index (χ1) is 16.5. The lowest BCUT2D eigenvalue weighted by atomic mass is 10.1. The molecule has 3 aromatic rings. The number of aromatic nitrogens is 2. The minimum absolute atomic E-state index is 0.112. The molecular formula is C24H24Cl2F3N3O3. The van der Waals surface area contributed by atoms with Gasteiger partial charge in [-0.2, -0.15) is 13.2 Å². The van der Waals surface area contributed by atoms with E-state index in [0.29, 0.717) is 35.1 Å². The van der Waals surface area contributed by atoms with Gasteiger partial charge in [0.25, 0.3) is 6.47 Å². The number of alkyl halides is 3. The van der Waals surface area contributed by atoms with Crippen molar-refractivity contribution in [1.29, 1.82) is 0 Å². The molecule has 3 rings (SSSR count). The number of ether oxygens (including phenoxy) is 1. The molecule has 0 N–H and O–H groups in total. The van der Waals surface area contributed by atoms with Crippen LogP contribution in [0.25, 0.3) is 11.4 Å². The van der Waals surface area contributed by atoms with E-state index in [9.17, 15) is 13.2 Å². The molecule has 0 saturated carbocycles. The number of oxime groups is 1. The Balaban J connectivity index is 0.00000100. The van der Waals surface area contributed by atoms with Crippen molar-refractivity contribution in [3.8, 4) is 0 Å². The Morgan fingerprint density at radius 3 is 2.40 bits per heavy atom. The van der Waals surface area contributed by atoms with Gasteiger partial charge in [0.05, 0.1) is 28.4 Å². The Bertz CT molecular complexity index is 1240. The maximum atomic E-state index is 13.1. The first kappa shape index (κ1) is 28.2. The number of hydrogen-bond acceptors (Lipinski definition) is 5. The largest absolute Gasteiger partial charge is 0.471 e. The number of carbonyl (C=O) groups is 1. The molecule has 0 atom stereocenters. The van der Waals surface area contributed by atoms with E-state index in [1.165, 1.54) is 17.7 Å². The zero-order chi connectivity index (χ0) is 26.2. The van der Waals surface area contributed by atoms with Gasteiger partial charge in [0.1, 0.15) is 5.69 Å². The predicted octanol–water partition coefficient (Wildman–Crippen LogP) is 7.20. The van der Waals surface area contributed by atoms with Gasteiger partial charge >= 0.3 is 6.18 Å². The minimum atomic E-state index is -4.52. The van der Waals surface area contributed by atoms with Crippen LogP contribution in [0.5, 0.6) is 0 Å². The number of benzene rings is 1. The first-order valence-corrected chi connectivity index (χ1v) is 11.2. The van der Waals surface area contributed by atoms with Gasteiger partial charge in [0, 0.05) is 18.0 Å². The van der Waals surface area contributed by atoms with Crippen molar-refractivity contribution in [2.75, 3.05) is 7.11 Å². The van der Waals surface area contributed by atoms with Crippen LogP contribution in [0.4, 0.5) is 13.2 Å². The van der Waals surface area contributed by atoms with E-state index < -0.39 is 11.7 Å². The third kappa shape index (κ3) is 7.47.